The van der Waals surface area contributed by atoms with Crippen LogP contribution < -0.4 is 10.5 Å². The molecule has 3 aromatic rings. The second kappa shape index (κ2) is 6.27. The first kappa shape index (κ1) is 14.7. The van der Waals surface area contributed by atoms with E-state index >= 15 is 0 Å². The van der Waals surface area contributed by atoms with Crippen LogP contribution in [0.2, 0.25) is 0 Å². The lowest BCUT2D eigenvalue weighted by molar-refractivity contribution is -0.120. The Bertz CT molecular complexity index is 816. The lowest BCUT2D eigenvalue weighted by Crippen LogP contribution is -2.29. The van der Waals surface area contributed by atoms with Gasteiger partial charge in [0.2, 0.25) is 11.7 Å². The number of benzene rings is 2. The summed E-state index contributed by atoms with van der Waals surface area (Å²) in [6.45, 7) is 0. The fourth-order valence-electron chi connectivity index (χ4n) is 2.32. The lowest BCUT2D eigenvalue weighted by atomic mass is 10.1. The number of nitrogens with zero attached hydrogens (tertiary/aromatic N) is 4. The third kappa shape index (κ3) is 2.89. The molecule has 1 atom stereocenters. The topological polar surface area (TPSA) is 95.9 Å². The fraction of sp³-hybridized carbons (Fsp3) is 0.125. The molecule has 0 spiro atoms. The molecule has 116 valence electrons. The van der Waals surface area contributed by atoms with Crippen LogP contribution in [-0.4, -0.2) is 33.2 Å². The number of ether oxygens (including phenoxy) is 1. The van der Waals surface area contributed by atoms with Gasteiger partial charge in [-0.25, -0.2) is 0 Å². The Morgan fingerprint density at radius 2 is 1.83 bits per heavy atom. The summed E-state index contributed by atoms with van der Waals surface area (Å²) >= 11 is 0. The number of carbonyl (C=O) groups excluding carboxylic acids is 1. The highest BCUT2D eigenvalue weighted by Crippen LogP contribution is 2.27. The third-order valence-corrected chi connectivity index (χ3v) is 3.39. The number of aromatic nitrogens is 4. The zero-order chi connectivity index (χ0) is 16.2. The number of rotatable bonds is 5. The molecule has 2 aromatic carbocycles. The summed E-state index contributed by atoms with van der Waals surface area (Å²) in [6, 6.07) is 15.6. The molecular formula is C16H15N5O2. The van der Waals surface area contributed by atoms with E-state index in [2.05, 4.69) is 15.4 Å². The summed E-state index contributed by atoms with van der Waals surface area (Å²) in [6.07, 6.45) is 0. The molecule has 1 amide bonds. The second-order valence-corrected chi connectivity index (χ2v) is 4.85. The van der Waals surface area contributed by atoms with Crippen molar-refractivity contribution >= 4 is 5.91 Å². The predicted octanol–water partition coefficient (Wildman–Crippen LogP) is 1.42. The van der Waals surface area contributed by atoms with Crippen LogP contribution >= 0.6 is 0 Å². The van der Waals surface area contributed by atoms with Crippen LogP contribution in [0.5, 0.6) is 5.75 Å². The van der Waals surface area contributed by atoms with Gasteiger partial charge in [-0.1, -0.05) is 48.5 Å². The van der Waals surface area contributed by atoms with Crippen LogP contribution in [0.4, 0.5) is 0 Å². The van der Waals surface area contributed by atoms with Crippen molar-refractivity contribution < 1.29 is 9.53 Å². The van der Waals surface area contributed by atoms with Crippen molar-refractivity contribution in [2.24, 2.45) is 5.73 Å². The molecule has 0 radical (unpaired) electrons. The van der Waals surface area contributed by atoms with Gasteiger partial charge in [-0.05, 0) is 11.3 Å². The molecule has 0 aliphatic carbocycles. The molecule has 0 saturated heterocycles. The van der Waals surface area contributed by atoms with E-state index in [1.165, 1.54) is 11.9 Å². The number of tetrazole rings is 1. The molecule has 0 aliphatic heterocycles. The van der Waals surface area contributed by atoms with Crippen LogP contribution in [0.3, 0.4) is 0 Å². The minimum Gasteiger partial charge on any atom is -0.496 e. The normalized spacial score (nSPS) is 11.9. The van der Waals surface area contributed by atoms with Gasteiger partial charge in [-0.3, -0.25) is 4.79 Å². The summed E-state index contributed by atoms with van der Waals surface area (Å²) in [5.74, 6) is 0.369. The third-order valence-electron chi connectivity index (χ3n) is 3.39. The van der Waals surface area contributed by atoms with Gasteiger partial charge in [0, 0.05) is 11.1 Å². The van der Waals surface area contributed by atoms with E-state index in [4.69, 9.17) is 10.5 Å². The molecule has 1 heterocycles. The molecule has 1 aromatic heterocycles. The summed E-state index contributed by atoms with van der Waals surface area (Å²) in [4.78, 5) is 13.2. The smallest absolute Gasteiger partial charge is 0.249 e. The van der Waals surface area contributed by atoms with Gasteiger partial charge in [-0.2, -0.15) is 0 Å². The van der Waals surface area contributed by atoms with Crippen molar-refractivity contribution in [3.05, 3.63) is 60.2 Å². The van der Waals surface area contributed by atoms with E-state index < -0.39 is 11.9 Å². The first-order valence-corrected chi connectivity index (χ1v) is 6.98. The summed E-state index contributed by atoms with van der Waals surface area (Å²) < 4.78 is 5.29. The van der Waals surface area contributed by atoms with Crippen molar-refractivity contribution in [3.63, 3.8) is 0 Å². The molecule has 7 heteroatoms. The predicted molar refractivity (Wildman–Crippen MR) is 83.6 cm³/mol. The van der Waals surface area contributed by atoms with E-state index in [1.807, 2.05) is 36.4 Å². The molecule has 2 N–H and O–H groups in total. The number of nitrogens with two attached hydrogens (primary N) is 1. The van der Waals surface area contributed by atoms with Gasteiger partial charge in [0.1, 0.15) is 5.75 Å². The van der Waals surface area contributed by atoms with Crippen molar-refractivity contribution in [2.45, 2.75) is 6.04 Å². The Morgan fingerprint density at radius 3 is 2.52 bits per heavy atom. The highest BCUT2D eigenvalue weighted by atomic mass is 16.5. The summed E-state index contributed by atoms with van der Waals surface area (Å²) in [5.41, 5.74) is 6.94. The molecule has 0 fully saturated rings. The van der Waals surface area contributed by atoms with Gasteiger partial charge in [0.25, 0.3) is 0 Å². The molecule has 1 unspecified atom stereocenters. The minimum atomic E-state index is -0.892. The molecule has 23 heavy (non-hydrogen) atoms. The van der Waals surface area contributed by atoms with Crippen molar-refractivity contribution in [2.75, 3.05) is 7.11 Å². The fourth-order valence-corrected chi connectivity index (χ4v) is 2.32. The van der Waals surface area contributed by atoms with Gasteiger partial charge < -0.3 is 10.5 Å². The monoisotopic (exact) mass is 309 g/mol. The minimum absolute atomic E-state index is 0.423. The van der Waals surface area contributed by atoms with Crippen LogP contribution in [0.15, 0.2) is 54.6 Å². The van der Waals surface area contributed by atoms with Gasteiger partial charge in [-0.15, -0.1) is 15.0 Å². The van der Waals surface area contributed by atoms with Crippen LogP contribution in [0, 0.1) is 0 Å². The number of para-hydroxylation sites is 1. The number of amides is 1. The Balaban J connectivity index is 2.03. The lowest BCUT2D eigenvalue weighted by Gasteiger charge is -2.15. The van der Waals surface area contributed by atoms with Crippen LogP contribution in [0.1, 0.15) is 11.6 Å². The number of hydrogen-bond acceptors (Lipinski definition) is 5. The van der Waals surface area contributed by atoms with Crippen molar-refractivity contribution in [1.29, 1.82) is 0 Å². The van der Waals surface area contributed by atoms with E-state index in [9.17, 15) is 4.79 Å². The Hall–Kier alpha value is -3.22. The zero-order valence-electron chi connectivity index (χ0n) is 12.5. The Labute approximate surface area is 132 Å². The number of methoxy groups -OCH3 is 1. The standard InChI is InChI=1S/C16H15N5O2/c1-23-13-10-6-5-9-12(13)14(15(17)22)21-19-16(18-20-21)11-7-3-2-4-8-11/h2-10,14H,1H3,(H2,17,22). The SMILES string of the molecule is COc1ccccc1C(C(N)=O)n1nnc(-c2ccccc2)n1. The van der Waals surface area contributed by atoms with E-state index in [0.717, 1.165) is 5.56 Å². The van der Waals surface area contributed by atoms with Crippen molar-refractivity contribution in [3.8, 4) is 17.1 Å². The van der Waals surface area contributed by atoms with Gasteiger partial charge in [0.15, 0.2) is 6.04 Å². The number of hydrogen-bond donors (Lipinski definition) is 1. The quantitative estimate of drug-likeness (QED) is 0.769. The van der Waals surface area contributed by atoms with Crippen LogP contribution in [-0.2, 0) is 4.79 Å². The second-order valence-electron chi connectivity index (χ2n) is 4.85. The maximum Gasteiger partial charge on any atom is 0.249 e. The first-order valence-electron chi connectivity index (χ1n) is 6.98. The molecule has 0 bridgehead atoms. The van der Waals surface area contributed by atoms with Gasteiger partial charge in [0.05, 0.1) is 7.11 Å². The molecule has 0 aliphatic rings. The summed E-state index contributed by atoms with van der Waals surface area (Å²) in [7, 11) is 1.53. The first-order chi connectivity index (χ1) is 11.2. The average Bonchev–Trinajstić information content (AvgIpc) is 3.05. The van der Waals surface area contributed by atoms with E-state index in [1.54, 1.807) is 18.2 Å². The number of carbonyl (C=O) groups is 1. The van der Waals surface area contributed by atoms with E-state index in [-0.39, 0.29) is 0 Å². The van der Waals surface area contributed by atoms with Crippen molar-refractivity contribution in [1.82, 2.24) is 20.2 Å². The Kier molecular flexibility index (Phi) is 4.01. The molecule has 0 saturated carbocycles. The largest absolute Gasteiger partial charge is 0.496 e. The maximum atomic E-state index is 12.0. The maximum absolute atomic E-state index is 12.0. The molecular weight excluding hydrogens is 294 g/mol. The van der Waals surface area contributed by atoms with E-state index in [0.29, 0.717) is 17.1 Å². The summed E-state index contributed by atoms with van der Waals surface area (Å²) in [5, 5.41) is 12.3. The molecule has 3 rings (SSSR count). The van der Waals surface area contributed by atoms with Crippen LogP contribution in [0.25, 0.3) is 11.4 Å². The molecule has 7 nitrogen and oxygen atoms in total. The highest BCUT2D eigenvalue weighted by Gasteiger charge is 2.26. The zero-order valence-corrected chi connectivity index (χ0v) is 12.5. The Morgan fingerprint density at radius 1 is 1.13 bits per heavy atom. The van der Waals surface area contributed by atoms with Gasteiger partial charge >= 0.3 is 0 Å². The average molecular weight is 309 g/mol. The number of primary amides is 1. The highest BCUT2D eigenvalue weighted by molar-refractivity contribution is 5.82.